The Labute approximate surface area is 197 Å². The van der Waals surface area contributed by atoms with Crippen LogP contribution in [0.5, 0.6) is 0 Å². The molecule has 4 aromatic rings. The molecule has 0 amide bonds. The van der Waals surface area contributed by atoms with E-state index in [2.05, 4.69) is 10.2 Å². The van der Waals surface area contributed by atoms with E-state index in [0.29, 0.717) is 48.1 Å². The highest BCUT2D eigenvalue weighted by atomic mass is 35.5. The molecule has 2 heterocycles. The van der Waals surface area contributed by atoms with E-state index < -0.39 is 0 Å². The monoisotopic (exact) mass is 494 g/mol. The number of benzene rings is 2. The van der Waals surface area contributed by atoms with Gasteiger partial charge in [0.2, 0.25) is 0 Å². The Morgan fingerprint density at radius 1 is 0.900 bits per heavy atom. The van der Waals surface area contributed by atoms with Crippen molar-refractivity contribution in [2.75, 3.05) is 0 Å². The van der Waals surface area contributed by atoms with Gasteiger partial charge in [-0.3, -0.25) is 0 Å². The first-order valence-electron chi connectivity index (χ1n) is 9.35. The van der Waals surface area contributed by atoms with Crippen molar-refractivity contribution in [3.05, 3.63) is 67.6 Å². The lowest BCUT2D eigenvalue weighted by atomic mass is 9.86. The molecule has 4 nitrogen and oxygen atoms in total. The molecule has 0 unspecified atom stereocenters. The van der Waals surface area contributed by atoms with E-state index in [-0.39, 0.29) is 0 Å². The Morgan fingerprint density at radius 3 is 2.30 bits per heavy atom. The fourth-order valence-electron chi connectivity index (χ4n) is 3.37. The predicted molar refractivity (Wildman–Crippen MR) is 125 cm³/mol. The van der Waals surface area contributed by atoms with Gasteiger partial charge in [-0.2, -0.15) is 5.10 Å². The molecule has 0 bridgehead atoms. The smallest absolute Gasteiger partial charge is 0.169 e. The van der Waals surface area contributed by atoms with E-state index in [4.69, 9.17) is 51.5 Å². The summed E-state index contributed by atoms with van der Waals surface area (Å²) in [7, 11) is 0. The van der Waals surface area contributed by atoms with Crippen molar-refractivity contribution < 1.29 is 0 Å². The van der Waals surface area contributed by atoms with Crippen LogP contribution in [0, 0.1) is 0 Å². The van der Waals surface area contributed by atoms with Crippen molar-refractivity contribution in [2.45, 2.75) is 25.2 Å². The lowest BCUT2D eigenvalue weighted by Gasteiger charge is -2.21. The summed E-state index contributed by atoms with van der Waals surface area (Å²) in [6.07, 6.45) is 3.56. The topological polar surface area (TPSA) is 43.6 Å². The number of aromatic nitrogens is 4. The fourth-order valence-corrected chi connectivity index (χ4v) is 5.36. The van der Waals surface area contributed by atoms with Crippen LogP contribution >= 0.6 is 57.7 Å². The first-order valence-corrected chi connectivity index (χ1v) is 11.7. The summed E-state index contributed by atoms with van der Waals surface area (Å²) in [6, 6.07) is 12.7. The summed E-state index contributed by atoms with van der Waals surface area (Å²) < 4.78 is 1.73. The average Bonchev–Trinajstić information content (AvgIpc) is 3.26. The predicted octanol–water partition coefficient (Wildman–Crippen LogP) is 7.94. The van der Waals surface area contributed by atoms with Crippen molar-refractivity contribution in [1.82, 2.24) is 20.0 Å². The quantitative estimate of drug-likeness (QED) is 0.288. The van der Waals surface area contributed by atoms with Gasteiger partial charge in [0.1, 0.15) is 10.7 Å². The van der Waals surface area contributed by atoms with Crippen LogP contribution in [-0.4, -0.2) is 20.0 Å². The maximum absolute atomic E-state index is 6.86. The highest BCUT2D eigenvalue weighted by molar-refractivity contribution is 7.14. The lowest BCUT2D eigenvalue weighted by Crippen LogP contribution is -2.07. The van der Waals surface area contributed by atoms with Crippen molar-refractivity contribution in [3.8, 4) is 27.6 Å². The highest BCUT2D eigenvalue weighted by Crippen LogP contribution is 2.43. The first-order chi connectivity index (χ1) is 14.5. The molecule has 0 N–H and O–H groups in total. The largest absolute Gasteiger partial charge is 0.229 e. The van der Waals surface area contributed by atoms with Crippen LogP contribution in [0.25, 0.3) is 27.6 Å². The third-order valence-corrected chi connectivity index (χ3v) is 7.42. The van der Waals surface area contributed by atoms with Gasteiger partial charge in [0.15, 0.2) is 5.01 Å². The Kier molecular flexibility index (Phi) is 5.50. The van der Waals surface area contributed by atoms with Crippen LogP contribution in [-0.2, 0) is 0 Å². The second kappa shape index (κ2) is 8.13. The second-order valence-corrected chi connectivity index (χ2v) is 9.77. The van der Waals surface area contributed by atoms with E-state index in [1.54, 1.807) is 28.2 Å². The van der Waals surface area contributed by atoms with E-state index in [1.807, 2.05) is 30.3 Å². The Balaban J connectivity index is 1.69. The molecule has 1 fully saturated rings. The van der Waals surface area contributed by atoms with Gasteiger partial charge in [-0.05, 0) is 43.2 Å². The molecule has 1 saturated carbocycles. The summed E-state index contributed by atoms with van der Waals surface area (Å²) in [5.41, 5.74) is 2.81. The third kappa shape index (κ3) is 3.63. The minimum absolute atomic E-state index is 0.468. The molecule has 0 radical (unpaired) electrons. The van der Waals surface area contributed by atoms with Crippen LogP contribution in [0.2, 0.25) is 20.1 Å². The van der Waals surface area contributed by atoms with Crippen LogP contribution in [0.3, 0.4) is 0 Å². The maximum atomic E-state index is 6.86. The molecule has 0 aliphatic heterocycles. The second-order valence-electron chi connectivity index (χ2n) is 7.10. The maximum Gasteiger partial charge on any atom is 0.169 e. The highest BCUT2D eigenvalue weighted by Gasteiger charge is 2.27. The molecular formula is C21H14Cl4N4S. The summed E-state index contributed by atoms with van der Waals surface area (Å²) in [5, 5.41) is 17.4. The molecular weight excluding hydrogens is 482 g/mol. The van der Waals surface area contributed by atoms with Crippen molar-refractivity contribution in [1.29, 1.82) is 0 Å². The zero-order chi connectivity index (χ0) is 20.8. The van der Waals surface area contributed by atoms with Gasteiger partial charge in [0.05, 0.1) is 21.4 Å². The van der Waals surface area contributed by atoms with E-state index in [1.165, 1.54) is 6.42 Å². The van der Waals surface area contributed by atoms with E-state index >= 15 is 0 Å². The molecule has 2 aromatic heterocycles. The van der Waals surface area contributed by atoms with Crippen molar-refractivity contribution in [3.63, 3.8) is 0 Å². The average molecular weight is 496 g/mol. The summed E-state index contributed by atoms with van der Waals surface area (Å²) >= 11 is 27.1. The molecule has 1 aliphatic carbocycles. The molecule has 152 valence electrons. The zero-order valence-corrected chi connectivity index (χ0v) is 19.3. The number of hydrogen-bond acceptors (Lipinski definition) is 4. The summed E-state index contributed by atoms with van der Waals surface area (Å²) in [5.74, 6) is 0.499. The zero-order valence-electron chi connectivity index (χ0n) is 15.4. The molecule has 5 rings (SSSR count). The van der Waals surface area contributed by atoms with Gasteiger partial charge in [-0.15, -0.1) is 10.2 Å². The van der Waals surface area contributed by atoms with Crippen molar-refractivity contribution >= 4 is 57.7 Å². The summed E-state index contributed by atoms with van der Waals surface area (Å²) in [6.45, 7) is 0. The van der Waals surface area contributed by atoms with Gasteiger partial charge in [0.25, 0.3) is 0 Å². The molecule has 2 aromatic carbocycles. The molecule has 30 heavy (non-hydrogen) atoms. The Bertz CT molecular complexity index is 1230. The third-order valence-electron chi connectivity index (χ3n) is 5.18. The Hall–Kier alpha value is -1.63. The number of hydrogen-bond donors (Lipinski definition) is 0. The van der Waals surface area contributed by atoms with Gasteiger partial charge in [0, 0.05) is 21.5 Å². The normalized spacial score (nSPS) is 14.1. The molecule has 9 heteroatoms. The van der Waals surface area contributed by atoms with Crippen molar-refractivity contribution in [2.24, 2.45) is 0 Å². The minimum atomic E-state index is 0.468. The molecule has 0 atom stereocenters. The van der Waals surface area contributed by atoms with E-state index in [9.17, 15) is 0 Å². The van der Waals surface area contributed by atoms with Gasteiger partial charge >= 0.3 is 0 Å². The molecule has 0 spiro atoms. The number of halogens is 4. The minimum Gasteiger partial charge on any atom is -0.229 e. The molecule has 1 aliphatic rings. The number of nitrogens with zero attached hydrogens (tertiary/aromatic N) is 4. The van der Waals surface area contributed by atoms with Crippen LogP contribution < -0.4 is 0 Å². The first kappa shape index (κ1) is 20.3. The molecule has 0 saturated heterocycles. The summed E-state index contributed by atoms with van der Waals surface area (Å²) in [4.78, 5) is 0. The van der Waals surface area contributed by atoms with Gasteiger partial charge in [-0.25, -0.2) is 4.68 Å². The Morgan fingerprint density at radius 2 is 1.63 bits per heavy atom. The van der Waals surface area contributed by atoms with Gasteiger partial charge < -0.3 is 0 Å². The van der Waals surface area contributed by atoms with Gasteiger partial charge in [-0.1, -0.05) is 76.3 Å². The van der Waals surface area contributed by atoms with Crippen LogP contribution in [0.4, 0.5) is 0 Å². The van der Waals surface area contributed by atoms with Crippen LogP contribution in [0.15, 0.2) is 42.5 Å². The standard InChI is InChI=1S/C21H14Cl4N4S/c22-13-6-4-11(5-7-13)19-17(25)18(21-27-26-20(30-21)12-2-1-3-12)28-29(19)16-9-8-14(23)10-15(16)24/h4-10,12H,1-3H2. The van der Waals surface area contributed by atoms with Crippen LogP contribution in [0.1, 0.15) is 30.2 Å². The fraction of sp³-hybridized carbons (Fsp3) is 0.190. The SMILES string of the molecule is Clc1ccc(-c2c(Cl)c(-c3nnc(C4CCC4)s3)nn2-c2ccc(Cl)cc2Cl)cc1. The number of rotatable bonds is 4. The van der Waals surface area contributed by atoms with E-state index in [0.717, 1.165) is 23.4 Å². The lowest BCUT2D eigenvalue weighted by molar-refractivity contribution is 0.416.